The lowest BCUT2D eigenvalue weighted by molar-refractivity contribution is -0.122. The number of hydrogen-bond donors (Lipinski definition) is 3. The smallest absolute Gasteiger partial charge is 0.237 e. The minimum atomic E-state index is -0.602. The number of fused-ring (bicyclic) bond motifs is 1. The average Bonchev–Trinajstić information content (AvgIpc) is 2.79. The number of aromatic amines is 1. The molecule has 4 nitrogen and oxygen atoms in total. The molecule has 2 rings (SSSR count). The highest BCUT2D eigenvalue weighted by Crippen LogP contribution is 2.18. The molecule has 0 aliphatic heterocycles. The van der Waals surface area contributed by atoms with Gasteiger partial charge in [0.1, 0.15) is 0 Å². The van der Waals surface area contributed by atoms with Crippen molar-refractivity contribution < 1.29 is 4.79 Å². The number of aromatic nitrogens is 1. The Kier molecular flexibility index (Phi) is 4.24. The predicted octanol–water partition coefficient (Wildman–Crippen LogP) is 1.91. The highest BCUT2D eigenvalue weighted by Gasteiger charge is 2.15. The van der Waals surface area contributed by atoms with Crippen molar-refractivity contribution in [2.75, 3.05) is 6.54 Å². The van der Waals surface area contributed by atoms with E-state index in [9.17, 15) is 4.79 Å². The van der Waals surface area contributed by atoms with E-state index in [-0.39, 0.29) is 12.5 Å². The predicted molar refractivity (Wildman–Crippen MR) is 78.0 cm³/mol. The molecule has 1 heterocycles. The fraction of sp³-hybridized carbons (Fsp3) is 0.214. The van der Waals surface area contributed by atoms with E-state index in [1.165, 1.54) is 0 Å². The Morgan fingerprint density at radius 1 is 1.47 bits per heavy atom. The highest BCUT2D eigenvalue weighted by atomic mass is 35.5. The number of para-hydroxylation sites is 1. The Morgan fingerprint density at radius 3 is 2.95 bits per heavy atom. The Morgan fingerprint density at radius 2 is 2.21 bits per heavy atom. The first kappa shape index (κ1) is 13.6. The lowest BCUT2D eigenvalue weighted by Crippen LogP contribution is -2.42. The van der Waals surface area contributed by atoms with Gasteiger partial charge >= 0.3 is 0 Å². The molecule has 0 fully saturated rings. The summed E-state index contributed by atoms with van der Waals surface area (Å²) in [5, 5.41) is 4.11. The van der Waals surface area contributed by atoms with Crippen LogP contribution in [0.4, 0.5) is 0 Å². The number of carbonyl (C=O) groups excluding carboxylic acids is 1. The standard InChI is InChI=1S/C14H16ClN3O/c1-9(15)7-18-14(19)12(16)6-10-8-17-13-5-3-2-4-11(10)13/h2-5,8,12,17H,1,6-7,16H2,(H,18,19)/t12-/m1/s1. The van der Waals surface area contributed by atoms with Crippen molar-refractivity contribution in [1.29, 1.82) is 0 Å². The lowest BCUT2D eigenvalue weighted by Gasteiger charge is -2.11. The summed E-state index contributed by atoms with van der Waals surface area (Å²) in [4.78, 5) is 14.9. The van der Waals surface area contributed by atoms with E-state index in [0.717, 1.165) is 16.5 Å². The highest BCUT2D eigenvalue weighted by molar-refractivity contribution is 6.29. The number of amides is 1. The van der Waals surface area contributed by atoms with Gasteiger partial charge in [0.05, 0.1) is 12.6 Å². The largest absolute Gasteiger partial charge is 0.361 e. The van der Waals surface area contributed by atoms with E-state index in [1.807, 2.05) is 30.5 Å². The van der Waals surface area contributed by atoms with Gasteiger partial charge in [0, 0.05) is 22.1 Å². The molecule has 1 amide bonds. The first-order valence-corrected chi connectivity index (χ1v) is 6.37. The molecular weight excluding hydrogens is 262 g/mol. The summed E-state index contributed by atoms with van der Waals surface area (Å²) in [7, 11) is 0. The van der Waals surface area contributed by atoms with E-state index in [2.05, 4.69) is 16.9 Å². The van der Waals surface area contributed by atoms with Crippen molar-refractivity contribution in [3.8, 4) is 0 Å². The molecule has 0 radical (unpaired) electrons. The van der Waals surface area contributed by atoms with E-state index < -0.39 is 6.04 Å². The molecule has 5 heteroatoms. The van der Waals surface area contributed by atoms with E-state index in [0.29, 0.717) is 11.5 Å². The Bertz CT molecular complexity index is 606. The summed E-state index contributed by atoms with van der Waals surface area (Å²) in [6, 6.07) is 7.31. The lowest BCUT2D eigenvalue weighted by atomic mass is 10.1. The number of H-pyrrole nitrogens is 1. The molecule has 0 bridgehead atoms. The van der Waals surface area contributed by atoms with Gasteiger partial charge in [0.25, 0.3) is 0 Å². The third-order valence-electron chi connectivity index (χ3n) is 2.91. The second kappa shape index (κ2) is 5.91. The average molecular weight is 278 g/mol. The third kappa shape index (κ3) is 3.36. The van der Waals surface area contributed by atoms with Crippen LogP contribution in [0.2, 0.25) is 0 Å². The number of nitrogens with two attached hydrogens (primary N) is 1. The van der Waals surface area contributed by atoms with Gasteiger partial charge in [-0.3, -0.25) is 4.79 Å². The normalized spacial score (nSPS) is 12.3. The Balaban J connectivity index is 2.04. The van der Waals surface area contributed by atoms with E-state index in [4.69, 9.17) is 17.3 Å². The van der Waals surface area contributed by atoms with Gasteiger partial charge in [0.2, 0.25) is 5.91 Å². The van der Waals surface area contributed by atoms with Crippen LogP contribution in [-0.2, 0) is 11.2 Å². The number of rotatable bonds is 5. The molecule has 0 saturated heterocycles. The third-order valence-corrected chi connectivity index (χ3v) is 3.04. The van der Waals surface area contributed by atoms with Crippen LogP contribution in [0, 0.1) is 0 Å². The molecule has 0 spiro atoms. The number of nitrogens with one attached hydrogen (secondary N) is 2. The number of halogens is 1. The van der Waals surface area contributed by atoms with Gasteiger partial charge in [0.15, 0.2) is 0 Å². The zero-order valence-corrected chi connectivity index (χ0v) is 11.2. The maximum Gasteiger partial charge on any atom is 0.237 e. The summed E-state index contributed by atoms with van der Waals surface area (Å²) in [6.45, 7) is 3.75. The maximum atomic E-state index is 11.8. The summed E-state index contributed by atoms with van der Waals surface area (Å²) in [5.41, 5.74) is 7.96. The molecule has 4 N–H and O–H groups in total. The van der Waals surface area contributed by atoms with Crippen LogP contribution in [0.3, 0.4) is 0 Å². The topological polar surface area (TPSA) is 70.9 Å². The first-order valence-electron chi connectivity index (χ1n) is 5.99. The molecular formula is C14H16ClN3O. The fourth-order valence-electron chi connectivity index (χ4n) is 1.94. The summed E-state index contributed by atoms with van der Waals surface area (Å²) in [6.07, 6.45) is 2.36. The van der Waals surface area contributed by atoms with Gasteiger partial charge in [-0.05, 0) is 18.1 Å². The molecule has 1 aromatic heterocycles. The van der Waals surface area contributed by atoms with Crippen molar-refractivity contribution in [2.45, 2.75) is 12.5 Å². The molecule has 0 aliphatic rings. The monoisotopic (exact) mass is 277 g/mol. The Labute approximate surface area is 116 Å². The molecule has 100 valence electrons. The zero-order chi connectivity index (χ0) is 13.8. The first-order chi connectivity index (χ1) is 9.08. The SMILES string of the molecule is C=C(Cl)CNC(=O)[C@H](N)Cc1c[nH]c2ccccc12. The van der Waals surface area contributed by atoms with E-state index in [1.54, 1.807) is 0 Å². The van der Waals surface area contributed by atoms with Gasteiger partial charge in [-0.1, -0.05) is 36.4 Å². The molecule has 1 aromatic carbocycles. The molecule has 2 aromatic rings. The number of hydrogen-bond acceptors (Lipinski definition) is 2. The van der Waals surface area contributed by atoms with Crippen LogP contribution in [0.5, 0.6) is 0 Å². The van der Waals surface area contributed by atoms with Crippen LogP contribution >= 0.6 is 11.6 Å². The van der Waals surface area contributed by atoms with Gasteiger partial charge in [-0.2, -0.15) is 0 Å². The van der Waals surface area contributed by atoms with Gasteiger partial charge < -0.3 is 16.0 Å². The van der Waals surface area contributed by atoms with Crippen LogP contribution in [0.25, 0.3) is 10.9 Å². The molecule has 0 saturated carbocycles. The van der Waals surface area contributed by atoms with Crippen LogP contribution in [0.1, 0.15) is 5.56 Å². The quantitative estimate of drug-likeness (QED) is 0.781. The molecule has 1 atom stereocenters. The second-order valence-electron chi connectivity index (χ2n) is 4.41. The molecule has 19 heavy (non-hydrogen) atoms. The van der Waals surface area contributed by atoms with Crippen LogP contribution in [0.15, 0.2) is 42.1 Å². The number of benzene rings is 1. The number of carbonyl (C=O) groups is 1. The summed E-state index contributed by atoms with van der Waals surface area (Å²) in [5.74, 6) is -0.230. The Hall–Kier alpha value is -1.78. The molecule has 0 unspecified atom stereocenters. The van der Waals surface area contributed by atoms with Crippen molar-refractivity contribution in [3.05, 3.63) is 47.6 Å². The minimum absolute atomic E-state index is 0.230. The van der Waals surface area contributed by atoms with Crippen molar-refractivity contribution in [2.24, 2.45) is 5.73 Å². The maximum absolute atomic E-state index is 11.8. The second-order valence-corrected chi connectivity index (χ2v) is 4.94. The van der Waals surface area contributed by atoms with Gasteiger partial charge in [-0.15, -0.1) is 0 Å². The summed E-state index contributed by atoms with van der Waals surface area (Å²) < 4.78 is 0. The molecule has 0 aliphatic carbocycles. The van der Waals surface area contributed by atoms with Crippen molar-refractivity contribution >= 4 is 28.4 Å². The van der Waals surface area contributed by atoms with Crippen molar-refractivity contribution in [1.82, 2.24) is 10.3 Å². The summed E-state index contributed by atoms with van der Waals surface area (Å²) >= 11 is 5.59. The zero-order valence-electron chi connectivity index (χ0n) is 10.4. The fourth-order valence-corrected chi connectivity index (χ4v) is 2.01. The van der Waals surface area contributed by atoms with E-state index >= 15 is 0 Å². The van der Waals surface area contributed by atoms with Gasteiger partial charge in [-0.25, -0.2) is 0 Å². The van der Waals surface area contributed by atoms with Crippen LogP contribution in [-0.4, -0.2) is 23.5 Å². The minimum Gasteiger partial charge on any atom is -0.361 e. The van der Waals surface area contributed by atoms with Crippen molar-refractivity contribution in [3.63, 3.8) is 0 Å². The van der Waals surface area contributed by atoms with Crippen LogP contribution < -0.4 is 11.1 Å².